The van der Waals surface area contributed by atoms with Gasteiger partial charge in [0.05, 0.1) is 15.7 Å². The number of hydrogen-bond acceptors (Lipinski definition) is 3. The van der Waals surface area contributed by atoms with E-state index in [9.17, 15) is 0 Å². The Bertz CT molecular complexity index is 877. The van der Waals surface area contributed by atoms with E-state index in [-0.39, 0.29) is 24.0 Å². The molecule has 6 heteroatoms. The quantitative estimate of drug-likeness (QED) is 0.360. The molecule has 0 radical (unpaired) electrons. The minimum absolute atomic E-state index is 0. The maximum atomic E-state index is 6.10. The Morgan fingerprint density at radius 1 is 1.00 bits per heavy atom. The van der Waals surface area contributed by atoms with Crippen LogP contribution in [0.1, 0.15) is 10.4 Å². The molecule has 0 aliphatic heterocycles. The van der Waals surface area contributed by atoms with Crippen LogP contribution in [-0.2, 0) is 6.42 Å². The number of fused-ring (bicyclic) bond motifs is 3. The normalized spacial score (nSPS) is 11.7. The molecule has 0 atom stereocenters. The molecule has 0 amide bonds. The Kier molecular flexibility index (Phi) is 4.38. The van der Waals surface area contributed by atoms with Gasteiger partial charge in [0.2, 0.25) is 0 Å². The minimum atomic E-state index is 0. The Morgan fingerprint density at radius 2 is 1.73 bits per heavy atom. The van der Waals surface area contributed by atoms with Crippen molar-refractivity contribution >= 4 is 63.6 Å². The summed E-state index contributed by atoms with van der Waals surface area (Å²) in [6.45, 7) is 0. The number of rotatable bonds is 1. The van der Waals surface area contributed by atoms with Gasteiger partial charge in [0, 0.05) is 16.9 Å². The molecule has 1 heterocycles. The maximum Gasteiger partial charge on any atom is 0.180 e. The lowest BCUT2D eigenvalue weighted by atomic mass is 10.0. The molecule has 2 aromatic carbocycles. The highest BCUT2D eigenvalue weighted by atomic mass is 127. The fourth-order valence-corrected chi connectivity index (χ4v) is 3.87. The molecule has 22 heavy (non-hydrogen) atoms. The molecular weight excluding hydrogens is 450 g/mol. The molecule has 1 aromatic heterocycles. The van der Waals surface area contributed by atoms with Gasteiger partial charge >= 0.3 is 0 Å². The fourth-order valence-electron chi connectivity index (χ4n) is 2.70. The van der Waals surface area contributed by atoms with Crippen molar-refractivity contribution in [3.63, 3.8) is 0 Å². The van der Waals surface area contributed by atoms with Crippen LogP contribution in [0.15, 0.2) is 36.4 Å². The van der Waals surface area contributed by atoms with Crippen molar-refractivity contribution in [3.8, 4) is 22.4 Å². The molecule has 3 aromatic rings. The number of hydrogen-bond donors (Lipinski definition) is 1. The van der Waals surface area contributed by atoms with Crippen LogP contribution in [0, 0.1) is 0 Å². The van der Waals surface area contributed by atoms with Crippen molar-refractivity contribution in [2.24, 2.45) is 0 Å². The van der Waals surface area contributed by atoms with E-state index in [2.05, 4.69) is 23.2 Å². The zero-order chi connectivity index (χ0) is 14.6. The summed E-state index contributed by atoms with van der Waals surface area (Å²) < 4.78 is 0. The van der Waals surface area contributed by atoms with Crippen LogP contribution >= 0.6 is 58.5 Å². The largest absolute Gasteiger partial charge is 0.375 e. The van der Waals surface area contributed by atoms with E-state index >= 15 is 0 Å². The van der Waals surface area contributed by atoms with Crippen molar-refractivity contribution < 1.29 is 0 Å². The molecule has 2 nitrogen and oxygen atoms in total. The van der Waals surface area contributed by atoms with Crippen molar-refractivity contribution in [1.82, 2.24) is 4.98 Å². The van der Waals surface area contributed by atoms with Crippen molar-refractivity contribution in [3.05, 3.63) is 56.9 Å². The van der Waals surface area contributed by atoms with Crippen LogP contribution in [0.3, 0.4) is 0 Å². The predicted molar refractivity (Wildman–Crippen MR) is 106 cm³/mol. The molecular formula is C16H11Cl2IN2S. The van der Waals surface area contributed by atoms with Crippen molar-refractivity contribution in [2.75, 3.05) is 5.73 Å². The highest BCUT2D eigenvalue weighted by Crippen LogP contribution is 2.42. The summed E-state index contributed by atoms with van der Waals surface area (Å²) in [5, 5.41) is 1.78. The van der Waals surface area contributed by atoms with Crippen molar-refractivity contribution in [1.29, 1.82) is 0 Å². The molecule has 4 rings (SSSR count). The Labute approximate surface area is 159 Å². The average Bonchev–Trinajstić information content (AvgIpc) is 2.97. The SMILES string of the molecule is I.Nc1nc2c(s1)Cc1cc(-c3ccc(Cl)c(Cl)c3)ccc1-2. The van der Waals surface area contributed by atoms with Crippen LogP contribution in [0.25, 0.3) is 22.4 Å². The summed E-state index contributed by atoms with van der Waals surface area (Å²) in [6.07, 6.45) is 0.898. The third kappa shape index (κ3) is 2.62. The minimum Gasteiger partial charge on any atom is -0.375 e. The van der Waals surface area contributed by atoms with Crippen molar-refractivity contribution in [2.45, 2.75) is 6.42 Å². The van der Waals surface area contributed by atoms with E-state index in [1.165, 1.54) is 16.0 Å². The maximum absolute atomic E-state index is 6.10. The van der Waals surface area contributed by atoms with E-state index in [1.54, 1.807) is 11.3 Å². The highest BCUT2D eigenvalue weighted by Gasteiger charge is 2.23. The van der Waals surface area contributed by atoms with E-state index in [1.807, 2.05) is 18.2 Å². The van der Waals surface area contributed by atoms with Gasteiger partial charge in [-0.25, -0.2) is 4.98 Å². The molecule has 0 spiro atoms. The summed E-state index contributed by atoms with van der Waals surface area (Å²) in [6, 6.07) is 12.1. The van der Waals surface area contributed by atoms with E-state index < -0.39 is 0 Å². The zero-order valence-corrected chi connectivity index (χ0v) is 15.9. The fraction of sp³-hybridized carbons (Fsp3) is 0.0625. The number of aromatic nitrogens is 1. The smallest absolute Gasteiger partial charge is 0.180 e. The van der Waals surface area contributed by atoms with Gasteiger partial charge in [-0.1, -0.05) is 47.5 Å². The summed E-state index contributed by atoms with van der Waals surface area (Å²) in [7, 11) is 0. The first-order chi connectivity index (χ1) is 10.1. The third-order valence-corrected chi connectivity index (χ3v) is 5.30. The first kappa shape index (κ1) is 16.1. The summed E-state index contributed by atoms with van der Waals surface area (Å²) in [4.78, 5) is 5.66. The molecule has 1 aliphatic carbocycles. The van der Waals surface area contributed by atoms with Gasteiger partial charge in [-0.3, -0.25) is 0 Å². The molecule has 1 aliphatic rings. The highest BCUT2D eigenvalue weighted by molar-refractivity contribution is 14.0. The monoisotopic (exact) mass is 460 g/mol. The molecule has 112 valence electrons. The first-order valence-electron chi connectivity index (χ1n) is 6.46. The average molecular weight is 461 g/mol. The lowest BCUT2D eigenvalue weighted by molar-refractivity contribution is 1.31. The summed E-state index contributed by atoms with van der Waals surface area (Å²) >= 11 is 13.6. The lowest BCUT2D eigenvalue weighted by Gasteiger charge is -2.06. The Hall–Kier alpha value is -0.820. The number of nitrogens with zero attached hydrogens (tertiary/aromatic N) is 1. The van der Waals surface area contributed by atoms with Crippen LogP contribution in [0.4, 0.5) is 5.13 Å². The molecule has 0 bridgehead atoms. The summed E-state index contributed by atoms with van der Waals surface area (Å²) in [5.41, 5.74) is 11.5. The van der Waals surface area contributed by atoms with Gasteiger partial charge in [0.1, 0.15) is 0 Å². The standard InChI is InChI=1S/C16H10Cl2N2S.HI/c17-12-4-2-9(6-13(12)18)8-1-3-11-10(5-8)7-14-15(11)20-16(19)21-14;/h1-6H,7H2,(H2,19,20);1H. The second-order valence-corrected chi connectivity index (χ2v) is 6.93. The molecule has 2 N–H and O–H groups in total. The van der Waals surface area contributed by atoms with Gasteiger partial charge < -0.3 is 5.73 Å². The first-order valence-corrected chi connectivity index (χ1v) is 8.03. The van der Waals surface area contributed by atoms with E-state index in [4.69, 9.17) is 28.9 Å². The van der Waals surface area contributed by atoms with Gasteiger partial charge in [-0.05, 0) is 28.8 Å². The zero-order valence-electron chi connectivity index (χ0n) is 11.3. The second-order valence-electron chi connectivity index (χ2n) is 5.00. The van der Waals surface area contributed by atoms with Crippen LogP contribution in [-0.4, -0.2) is 4.98 Å². The van der Waals surface area contributed by atoms with Gasteiger partial charge in [0.15, 0.2) is 5.13 Å². The van der Waals surface area contributed by atoms with Gasteiger partial charge in [-0.2, -0.15) is 0 Å². The second kappa shape index (κ2) is 6.00. The lowest BCUT2D eigenvalue weighted by Crippen LogP contribution is -1.86. The van der Waals surface area contributed by atoms with E-state index in [0.29, 0.717) is 15.2 Å². The number of thiazole rings is 1. The number of halogens is 3. The topological polar surface area (TPSA) is 38.9 Å². The molecule has 0 saturated heterocycles. The summed E-state index contributed by atoms with van der Waals surface area (Å²) in [5.74, 6) is 0. The number of benzene rings is 2. The number of nitrogen functional groups attached to an aromatic ring is 1. The number of anilines is 1. The van der Waals surface area contributed by atoms with Gasteiger partial charge in [0.25, 0.3) is 0 Å². The third-order valence-electron chi connectivity index (χ3n) is 3.68. The Balaban J connectivity index is 0.00000144. The molecule has 0 unspecified atom stereocenters. The molecule has 0 fully saturated rings. The van der Waals surface area contributed by atoms with Crippen LogP contribution in [0.5, 0.6) is 0 Å². The van der Waals surface area contributed by atoms with Gasteiger partial charge in [-0.15, -0.1) is 35.3 Å². The van der Waals surface area contributed by atoms with Crippen LogP contribution < -0.4 is 5.73 Å². The predicted octanol–water partition coefficient (Wildman–Crippen LogP) is 5.89. The van der Waals surface area contributed by atoms with Crippen LogP contribution in [0.2, 0.25) is 10.0 Å². The Morgan fingerprint density at radius 3 is 2.50 bits per heavy atom. The van der Waals surface area contributed by atoms with E-state index in [0.717, 1.165) is 23.2 Å². The number of nitrogens with two attached hydrogens (primary N) is 1. The molecule has 0 saturated carbocycles.